The van der Waals surface area contributed by atoms with E-state index < -0.39 is 10.0 Å². The van der Waals surface area contributed by atoms with Crippen LogP contribution in [0.1, 0.15) is 39.7 Å². The van der Waals surface area contributed by atoms with E-state index in [9.17, 15) is 8.42 Å². The van der Waals surface area contributed by atoms with E-state index in [2.05, 4.69) is 0 Å². The highest BCUT2D eigenvalue weighted by Crippen LogP contribution is 2.33. The molecule has 0 bridgehead atoms. The van der Waals surface area contributed by atoms with Gasteiger partial charge in [-0.2, -0.15) is 0 Å². The molecule has 0 aliphatic carbocycles. The molecule has 120 valence electrons. The van der Waals surface area contributed by atoms with Crippen LogP contribution in [0.5, 0.6) is 5.75 Å². The van der Waals surface area contributed by atoms with Crippen molar-refractivity contribution in [2.45, 2.75) is 50.5 Å². The third kappa shape index (κ3) is 5.30. The Bertz CT molecular complexity index is 576. The third-order valence-corrected chi connectivity index (χ3v) is 4.06. The zero-order chi connectivity index (χ0) is 16.3. The minimum absolute atomic E-state index is 0.0219. The van der Waals surface area contributed by atoms with E-state index in [-0.39, 0.29) is 16.4 Å². The van der Waals surface area contributed by atoms with Gasteiger partial charge in [0.05, 0.1) is 11.0 Å². The van der Waals surface area contributed by atoms with E-state index in [0.717, 1.165) is 12.0 Å². The molecule has 1 rings (SSSR count). The molecule has 0 aliphatic rings. The maximum atomic E-state index is 11.5. The van der Waals surface area contributed by atoms with Gasteiger partial charge in [-0.15, -0.1) is 0 Å². The summed E-state index contributed by atoms with van der Waals surface area (Å²) in [7, 11) is -2.07. The summed E-state index contributed by atoms with van der Waals surface area (Å²) >= 11 is 0. The molecule has 0 aromatic heterocycles. The lowest BCUT2D eigenvalue weighted by atomic mass is 9.86. The van der Waals surface area contributed by atoms with E-state index in [1.54, 1.807) is 19.2 Å². The lowest BCUT2D eigenvalue weighted by molar-refractivity contribution is 0.134. The van der Waals surface area contributed by atoms with Gasteiger partial charge in [0.15, 0.2) is 0 Å². The van der Waals surface area contributed by atoms with Crippen molar-refractivity contribution in [3.8, 4) is 5.75 Å². The van der Waals surface area contributed by atoms with Gasteiger partial charge in [0, 0.05) is 25.7 Å². The van der Waals surface area contributed by atoms with Crippen LogP contribution in [-0.4, -0.2) is 28.2 Å². The molecule has 1 unspecified atom stereocenters. The van der Waals surface area contributed by atoms with Gasteiger partial charge >= 0.3 is 0 Å². The Morgan fingerprint density at radius 1 is 1.29 bits per heavy atom. The van der Waals surface area contributed by atoms with Gasteiger partial charge in [-0.05, 0) is 30.5 Å². The Balaban J connectivity index is 3.15. The molecule has 0 aliphatic heterocycles. The van der Waals surface area contributed by atoms with Crippen molar-refractivity contribution in [1.29, 1.82) is 0 Å². The van der Waals surface area contributed by atoms with Crippen LogP contribution in [0.15, 0.2) is 23.1 Å². The van der Waals surface area contributed by atoms with Crippen LogP contribution in [-0.2, 0) is 20.2 Å². The van der Waals surface area contributed by atoms with Crippen molar-refractivity contribution in [3.05, 3.63) is 23.8 Å². The second kappa shape index (κ2) is 6.77. The molecule has 0 saturated carbocycles. The second-order valence-electron chi connectivity index (χ2n) is 6.16. The van der Waals surface area contributed by atoms with Crippen LogP contribution in [0, 0.1) is 0 Å². The Morgan fingerprint density at radius 3 is 2.38 bits per heavy atom. The fraction of sp³-hybridized carbons (Fsp3) is 0.600. The van der Waals surface area contributed by atoms with Crippen molar-refractivity contribution in [2.24, 2.45) is 5.14 Å². The first-order chi connectivity index (χ1) is 9.55. The standard InChI is InChI=1S/C15H25NO4S/c1-11(8-9-19-5)20-14-7-6-12(21(16,17)18)10-13(14)15(2,3)4/h6-7,10-11H,8-9H2,1-5H3,(H2,16,17,18). The van der Waals surface area contributed by atoms with Gasteiger partial charge in [-0.3, -0.25) is 0 Å². The molecule has 1 aromatic rings. The molecule has 6 heteroatoms. The van der Waals surface area contributed by atoms with E-state index in [0.29, 0.717) is 12.4 Å². The van der Waals surface area contributed by atoms with Crippen LogP contribution in [0.2, 0.25) is 0 Å². The van der Waals surface area contributed by atoms with Gasteiger partial charge in [-0.1, -0.05) is 20.8 Å². The van der Waals surface area contributed by atoms with Crippen LogP contribution < -0.4 is 9.88 Å². The fourth-order valence-electron chi connectivity index (χ4n) is 1.93. The molecule has 0 fully saturated rings. The summed E-state index contributed by atoms with van der Waals surface area (Å²) in [5.74, 6) is 0.679. The summed E-state index contributed by atoms with van der Waals surface area (Å²) in [5.41, 5.74) is 0.565. The van der Waals surface area contributed by atoms with E-state index in [1.807, 2.05) is 27.7 Å². The molecule has 5 nitrogen and oxygen atoms in total. The maximum absolute atomic E-state index is 11.5. The topological polar surface area (TPSA) is 78.6 Å². The molecule has 0 amide bonds. The summed E-state index contributed by atoms with van der Waals surface area (Å²) in [5, 5.41) is 5.20. The first-order valence-electron chi connectivity index (χ1n) is 6.88. The van der Waals surface area contributed by atoms with Crippen molar-refractivity contribution in [2.75, 3.05) is 13.7 Å². The normalized spacial score (nSPS) is 14.0. The minimum atomic E-state index is -3.72. The highest BCUT2D eigenvalue weighted by atomic mass is 32.2. The number of nitrogens with two attached hydrogens (primary N) is 1. The van der Waals surface area contributed by atoms with Crippen molar-refractivity contribution in [1.82, 2.24) is 0 Å². The zero-order valence-corrected chi connectivity index (χ0v) is 14.2. The number of rotatable bonds is 6. The lowest BCUT2D eigenvalue weighted by Gasteiger charge is -2.25. The largest absolute Gasteiger partial charge is 0.490 e. The Labute approximate surface area is 127 Å². The lowest BCUT2D eigenvalue weighted by Crippen LogP contribution is -2.20. The average molecular weight is 315 g/mol. The molecular weight excluding hydrogens is 290 g/mol. The van der Waals surface area contributed by atoms with E-state index >= 15 is 0 Å². The van der Waals surface area contributed by atoms with Crippen molar-refractivity contribution >= 4 is 10.0 Å². The Morgan fingerprint density at radius 2 is 1.90 bits per heavy atom. The maximum Gasteiger partial charge on any atom is 0.238 e. The van der Waals surface area contributed by atoms with E-state index in [4.69, 9.17) is 14.6 Å². The Hall–Kier alpha value is -1.11. The van der Waals surface area contributed by atoms with Gasteiger partial charge < -0.3 is 9.47 Å². The number of hydrogen-bond donors (Lipinski definition) is 1. The molecule has 0 spiro atoms. The van der Waals surface area contributed by atoms with E-state index in [1.165, 1.54) is 6.07 Å². The quantitative estimate of drug-likeness (QED) is 0.874. The highest BCUT2D eigenvalue weighted by Gasteiger charge is 2.23. The van der Waals surface area contributed by atoms with Gasteiger partial charge in [0.2, 0.25) is 10.0 Å². The fourth-order valence-corrected chi connectivity index (χ4v) is 2.47. The molecule has 0 radical (unpaired) electrons. The van der Waals surface area contributed by atoms with Crippen LogP contribution in [0.4, 0.5) is 0 Å². The number of benzene rings is 1. The molecule has 1 aromatic carbocycles. The van der Waals surface area contributed by atoms with Crippen molar-refractivity contribution < 1.29 is 17.9 Å². The third-order valence-electron chi connectivity index (χ3n) is 3.14. The molecule has 2 N–H and O–H groups in total. The number of primary sulfonamides is 1. The summed E-state index contributed by atoms with van der Waals surface area (Å²) in [6.07, 6.45) is 0.739. The predicted molar refractivity (Wildman–Crippen MR) is 83.1 cm³/mol. The summed E-state index contributed by atoms with van der Waals surface area (Å²) < 4.78 is 34.0. The van der Waals surface area contributed by atoms with Gasteiger partial charge in [0.25, 0.3) is 0 Å². The van der Waals surface area contributed by atoms with Crippen LogP contribution in [0.25, 0.3) is 0 Å². The smallest absolute Gasteiger partial charge is 0.238 e. The summed E-state index contributed by atoms with van der Waals surface area (Å²) in [6, 6.07) is 4.74. The molecule has 0 saturated heterocycles. The van der Waals surface area contributed by atoms with Gasteiger partial charge in [0.1, 0.15) is 5.75 Å². The SMILES string of the molecule is COCCC(C)Oc1ccc(S(N)(=O)=O)cc1C(C)(C)C. The molecule has 21 heavy (non-hydrogen) atoms. The van der Waals surface area contributed by atoms with Crippen LogP contribution >= 0.6 is 0 Å². The number of methoxy groups -OCH3 is 1. The van der Waals surface area contributed by atoms with Crippen LogP contribution in [0.3, 0.4) is 0 Å². The number of hydrogen-bond acceptors (Lipinski definition) is 4. The molecule has 1 atom stereocenters. The second-order valence-corrected chi connectivity index (χ2v) is 7.72. The first kappa shape index (κ1) is 17.9. The highest BCUT2D eigenvalue weighted by molar-refractivity contribution is 7.89. The molecule has 0 heterocycles. The monoisotopic (exact) mass is 315 g/mol. The van der Waals surface area contributed by atoms with Gasteiger partial charge in [-0.25, -0.2) is 13.6 Å². The average Bonchev–Trinajstić information content (AvgIpc) is 2.34. The Kier molecular flexibility index (Phi) is 5.78. The minimum Gasteiger partial charge on any atom is -0.490 e. The number of sulfonamides is 1. The predicted octanol–water partition coefficient (Wildman–Crippen LogP) is 2.44. The summed E-state index contributed by atoms with van der Waals surface area (Å²) in [4.78, 5) is 0.101. The summed E-state index contributed by atoms with van der Waals surface area (Å²) in [6.45, 7) is 8.58. The first-order valence-corrected chi connectivity index (χ1v) is 8.43. The number of ether oxygens (including phenoxy) is 2. The zero-order valence-electron chi connectivity index (χ0n) is 13.3. The van der Waals surface area contributed by atoms with Crippen molar-refractivity contribution in [3.63, 3.8) is 0 Å². The molecular formula is C15H25NO4S.